The number of nitrogens with one attached hydrogen (secondary N) is 2. The molecular weight excluding hydrogens is 418 g/mol. The largest absolute Gasteiger partial charge is 0.739 e. The lowest BCUT2D eigenvalue weighted by Crippen LogP contribution is -2.59. The summed E-state index contributed by atoms with van der Waals surface area (Å²) in [6.45, 7) is -1.07. The van der Waals surface area contributed by atoms with Crippen molar-refractivity contribution in [2.75, 3.05) is 31.6 Å². The lowest BCUT2D eigenvalue weighted by atomic mass is 9.99. The second-order valence-corrected chi connectivity index (χ2v) is 6.76. The van der Waals surface area contributed by atoms with Gasteiger partial charge in [0.2, 0.25) is 11.0 Å². The van der Waals surface area contributed by atoms with Crippen molar-refractivity contribution < 1.29 is 44.3 Å². The number of aliphatic hydroxyl groups is 4. The number of hydrogen-bond donors (Lipinski definition) is 6. The summed E-state index contributed by atoms with van der Waals surface area (Å²) in [7, 11) is 0. The Balaban J connectivity index is 1.45. The molecule has 6 N–H and O–H groups in total. The molecular formula is C17H23N5O9. The average molecular weight is 441 g/mol. The molecule has 1 aliphatic heterocycles. The van der Waals surface area contributed by atoms with Crippen molar-refractivity contribution in [3.8, 4) is 0 Å². The molecule has 1 amide bonds. The molecule has 2 heterocycles. The molecule has 31 heavy (non-hydrogen) atoms. The smallest absolute Gasteiger partial charge is 0.461 e. The molecule has 14 nitrogen and oxygen atoms in total. The SMILES string of the molecule is O=C(COC1[C@H](O)OC(CO)[C@@H](O)[C@@H]1O)NCCNc1n[n+]([O-])c2ccccc2[n+]1[O-]. The minimum absolute atomic E-state index is 0.0387. The first-order chi connectivity index (χ1) is 14.8. The van der Waals surface area contributed by atoms with Gasteiger partial charge in [-0.3, -0.25) is 10.1 Å². The molecule has 2 aromatic rings. The van der Waals surface area contributed by atoms with Crippen LogP contribution in [-0.4, -0.2) is 88.4 Å². The Morgan fingerprint density at radius 2 is 1.87 bits per heavy atom. The molecule has 1 aliphatic rings. The van der Waals surface area contributed by atoms with Crippen molar-refractivity contribution in [3.05, 3.63) is 34.7 Å². The third kappa shape index (κ3) is 5.07. The predicted octanol–water partition coefficient (Wildman–Crippen LogP) is -4.15. The summed E-state index contributed by atoms with van der Waals surface area (Å²) in [5, 5.41) is 71.4. The highest BCUT2D eigenvalue weighted by atomic mass is 16.7. The first-order valence-electron chi connectivity index (χ1n) is 9.38. The molecule has 0 aliphatic carbocycles. The Kier molecular flexibility index (Phi) is 7.32. The van der Waals surface area contributed by atoms with Crippen LogP contribution < -0.4 is 20.2 Å². The fraction of sp³-hybridized carbons (Fsp3) is 0.529. The van der Waals surface area contributed by atoms with Gasteiger partial charge in [0.1, 0.15) is 31.0 Å². The highest BCUT2D eigenvalue weighted by molar-refractivity contribution is 5.77. The molecule has 5 atom stereocenters. The van der Waals surface area contributed by atoms with Crippen LogP contribution in [0.3, 0.4) is 0 Å². The maximum absolute atomic E-state index is 12.3. The quantitative estimate of drug-likeness (QED) is 0.132. The fourth-order valence-corrected chi connectivity index (χ4v) is 3.05. The van der Waals surface area contributed by atoms with Crippen LogP contribution in [0.25, 0.3) is 11.0 Å². The van der Waals surface area contributed by atoms with Crippen molar-refractivity contribution in [2.24, 2.45) is 0 Å². The maximum Gasteiger partial charge on any atom is 0.461 e. The van der Waals surface area contributed by atoms with E-state index in [4.69, 9.17) is 14.6 Å². The van der Waals surface area contributed by atoms with E-state index in [0.717, 1.165) is 0 Å². The number of anilines is 1. The molecule has 3 rings (SSSR count). The number of rotatable bonds is 8. The molecule has 14 heteroatoms. The summed E-state index contributed by atoms with van der Waals surface area (Å²) in [5.41, 5.74) is 0.241. The van der Waals surface area contributed by atoms with E-state index in [1.807, 2.05) is 0 Å². The Labute approximate surface area is 175 Å². The highest BCUT2D eigenvalue weighted by Crippen LogP contribution is 2.22. The van der Waals surface area contributed by atoms with Gasteiger partial charge in [0.05, 0.1) is 13.2 Å². The summed E-state index contributed by atoms with van der Waals surface area (Å²) in [6, 6.07) is 6.14. The third-order valence-electron chi connectivity index (χ3n) is 4.66. The number of nitrogens with zero attached hydrogens (tertiary/aromatic N) is 3. The first-order valence-corrected chi connectivity index (χ1v) is 9.38. The normalized spacial score (nSPS) is 26.0. The van der Waals surface area contributed by atoms with Gasteiger partial charge in [-0.2, -0.15) is 0 Å². The zero-order chi connectivity index (χ0) is 22.5. The lowest BCUT2D eigenvalue weighted by Gasteiger charge is -2.39. The van der Waals surface area contributed by atoms with Crippen LogP contribution in [0.1, 0.15) is 0 Å². The van der Waals surface area contributed by atoms with E-state index in [1.165, 1.54) is 12.1 Å². The predicted molar refractivity (Wildman–Crippen MR) is 101 cm³/mol. The number of carbonyl (C=O) groups is 1. The van der Waals surface area contributed by atoms with Crippen LogP contribution in [-0.2, 0) is 14.3 Å². The summed E-state index contributed by atoms with van der Waals surface area (Å²) in [4.78, 5) is 12.2. The molecule has 1 aromatic carbocycles. The lowest BCUT2D eigenvalue weighted by molar-refractivity contribution is -0.672. The van der Waals surface area contributed by atoms with E-state index in [0.29, 0.717) is 9.58 Å². The monoisotopic (exact) mass is 441 g/mol. The minimum atomic E-state index is -1.64. The standard InChI is InChI=1S/C17H23N5O9/c23-7-11-13(25)14(26)15(16(27)31-11)30-8-12(24)18-5-6-19-17-20-22(29)10-4-2-1-3-9(10)21(17)28/h1-4,11,13-16,23,25-27H,5-8H2,(H,18,24)(H,19,20)/t11?,13-,14+,15?,16-/m1/s1. The van der Waals surface area contributed by atoms with Crippen molar-refractivity contribution in [2.45, 2.75) is 30.7 Å². The molecule has 170 valence electrons. The molecule has 2 unspecified atom stereocenters. The molecule has 0 spiro atoms. The Morgan fingerprint density at radius 3 is 2.58 bits per heavy atom. The third-order valence-corrected chi connectivity index (χ3v) is 4.66. The summed E-state index contributed by atoms with van der Waals surface area (Å²) >= 11 is 0. The van der Waals surface area contributed by atoms with Crippen LogP contribution in [0.4, 0.5) is 5.95 Å². The Bertz CT molecular complexity index is 917. The van der Waals surface area contributed by atoms with Crippen LogP contribution in [0.5, 0.6) is 0 Å². The minimum Gasteiger partial charge on any atom is -0.739 e. The van der Waals surface area contributed by atoms with Gasteiger partial charge in [0.25, 0.3) is 5.52 Å². The van der Waals surface area contributed by atoms with Crippen molar-refractivity contribution in [1.82, 2.24) is 10.4 Å². The van der Waals surface area contributed by atoms with Gasteiger partial charge in [0.15, 0.2) is 11.8 Å². The number of ether oxygens (including phenoxy) is 2. The number of aromatic nitrogens is 3. The van der Waals surface area contributed by atoms with Gasteiger partial charge in [0, 0.05) is 17.5 Å². The van der Waals surface area contributed by atoms with Crippen molar-refractivity contribution in [3.63, 3.8) is 0 Å². The van der Waals surface area contributed by atoms with E-state index < -0.39 is 49.8 Å². The van der Waals surface area contributed by atoms with E-state index in [2.05, 4.69) is 15.7 Å². The van der Waals surface area contributed by atoms with Gasteiger partial charge in [-0.25, -0.2) is 4.73 Å². The molecule has 0 saturated carbocycles. The van der Waals surface area contributed by atoms with Gasteiger partial charge in [-0.15, -0.1) is 0 Å². The van der Waals surface area contributed by atoms with Gasteiger partial charge < -0.3 is 45.6 Å². The number of hydrogen-bond acceptors (Lipinski definition) is 11. The van der Waals surface area contributed by atoms with E-state index >= 15 is 0 Å². The molecule has 0 radical (unpaired) electrons. The van der Waals surface area contributed by atoms with Crippen molar-refractivity contribution >= 4 is 22.9 Å². The number of amides is 1. The van der Waals surface area contributed by atoms with Crippen molar-refractivity contribution in [1.29, 1.82) is 0 Å². The first kappa shape index (κ1) is 22.8. The van der Waals surface area contributed by atoms with Crippen LogP contribution >= 0.6 is 0 Å². The zero-order valence-corrected chi connectivity index (χ0v) is 16.2. The second-order valence-electron chi connectivity index (χ2n) is 6.76. The number of carbonyl (C=O) groups excluding carboxylic acids is 1. The van der Waals surface area contributed by atoms with E-state index in [9.17, 15) is 30.5 Å². The van der Waals surface area contributed by atoms with Crippen LogP contribution in [0.2, 0.25) is 0 Å². The number of benzene rings is 1. The molecule has 1 aromatic heterocycles. The Hall–Kier alpha value is -2.88. The maximum atomic E-state index is 12.3. The van der Waals surface area contributed by atoms with E-state index in [-0.39, 0.29) is 30.1 Å². The van der Waals surface area contributed by atoms with Crippen LogP contribution in [0.15, 0.2) is 24.3 Å². The molecule has 0 bridgehead atoms. The summed E-state index contributed by atoms with van der Waals surface area (Å²) in [5.74, 6) is -0.849. The topological polar surface area (TPSA) is 207 Å². The number of fused-ring (bicyclic) bond motifs is 1. The number of para-hydroxylation sites is 2. The Morgan fingerprint density at radius 1 is 1.16 bits per heavy atom. The van der Waals surface area contributed by atoms with E-state index in [1.54, 1.807) is 12.1 Å². The fourth-order valence-electron chi connectivity index (χ4n) is 3.05. The second kappa shape index (κ2) is 9.95. The highest BCUT2D eigenvalue weighted by Gasteiger charge is 2.44. The summed E-state index contributed by atoms with van der Waals surface area (Å²) < 4.78 is 10.5. The zero-order valence-electron chi connectivity index (χ0n) is 16.2. The molecule has 1 saturated heterocycles. The average Bonchev–Trinajstić information content (AvgIpc) is 2.76. The van der Waals surface area contributed by atoms with Gasteiger partial charge >= 0.3 is 5.95 Å². The van der Waals surface area contributed by atoms with Gasteiger partial charge in [-0.05, 0) is 6.07 Å². The van der Waals surface area contributed by atoms with Crippen LogP contribution in [0, 0.1) is 10.4 Å². The van der Waals surface area contributed by atoms with Gasteiger partial charge in [-0.1, -0.05) is 12.1 Å². The number of aliphatic hydroxyl groups excluding tert-OH is 4. The molecule has 1 fully saturated rings. The summed E-state index contributed by atoms with van der Waals surface area (Å²) in [6.07, 6.45) is -7.28.